The van der Waals surface area contributed by atoms with Gasteiger partial charge in [0.2, 0.25) is 15.9 Å². The fraction of sp³-hybridized carbons (Fsp3) is 0.737. The summed E-state index contributed by atoms with van der Waals surface area (Å²) >= 11 is 0. The molecular formula is C19H31N3O5S. The number of methoxy groups -OCH3 is 2. The lowest BCUT2D eigenvalue weighted by molar-refractivity contribution is -0.0317. The Kier molecular flexibility index (Phi) is 6.61. The zero-order chi connectivity index (χ0) is 20.4. The third-order valence-corrected chi connectivity index (χ3v) is 7.75. The van der Waals surface area contributed by atoms with E-state index in [0.717, 1.165) is 18.5 Å². The van der Waals surface area contributed by atoms with Crippen molar-refractivity contribution in [3.05, 3.63) is 17.8 Å². The summed E-state index contributed by atoms with van der Waals surface area (Å²) in [5, 5.41) is 0. The molecule has 3 rings (SSSR count). The van der Waals surface area contributed by atoms with Crippen molar-refractivity contribution in [2.24, 2.45) is 0 Å². The molecule has 0 aliphatic carbocycles. The molecule has 1 unspecified atom stereocenters. The third-order valence-electron chi connectivity index (χ3n) is 5.86. The van der Waals surface area contributed by atoms with Crippen LogP contribution in [0.15, 0.2) is 17.2 Å². The molecule has 9 heteroatoms. The molecule has 0 N–H and O–H groups in total. The van der Waals surface area contributed by atoms with Gasteiger partial charge in [0.1, 0.15) is 4.90 Å². The minimum atomic E-state index is -3.65. The maximum absolute atomic E-state index is 13.2. The van der Waals surface area contributed by atoms with E-state index in [1.165, 1.54) is 11.4 Å². The molecule has 0 amide bonds. The van der Waals surface area contributed by atoms with Crippen molar-refractivity contribution in [1.82, 2.24) is 14.2 Å². The van der Waals surface area contributed by atoms with Crippen LogP contribution in [0.3, 0.4) is 0 Å². The summed E-state index contributed by atoms with van der Waals surface area (Å²) in [6, 6.07) is 1.97. The van der Waals surface area contributed by atoms with Gasteiger partial charge >= 0.3 is 0 Å². The first-order chi connectivity index (χ1) is 13.3. The van der Waals surface area contributed by atoms with Gasteiger partial charge in [0.05, 0.1) is 25.9 Å². The van der Waals surface area contributed by atoms with E-state index < -0.39 is 10.0 Å². The number of rotatable bonds is 7. The molecule has 8 nitrogen and oxygen atoms in total. The van der Waals surface area contributed by atoms with Gasteiger partial charge in [-0.2, -0.15) is 4.31 Å². The van der Waals surface area contributed by atoms with Crippen molar-refractivity contribution >= 4 is 10.0 Å². The van der Waals surface area contributed by atoms with Gasteiger partial charge in [-0.25, -0.2) is 13.4 Å². The van der Waals surface area contributed by atoms with Crippen LogP contribution in [0, 0.1) is 6.92 Å². The Labute approximate surface area is 167 Å². The van der Waals surface area contributed by atoms with Gasteiger partial charge < -0.3 is 14.2 Å². The minimum absolute atomic E-state index is 0.135. The van der Waals surface area contributed by atoms with E-state index in [1.807, 2.05) is 6.92 Å². The highest BCUT2D eigenvalue weighted by atomic mass is 32.2. The van der Waals surface area contributed by atoms with Crippen molar-refractivity contribution in [1.29, 1.82) is 0 Å². The quantitative estimate of drug-likeness (QED) is 0.666. The molecule has 0 bridgehead atoms. The van der Waals surface area contributed by atoms with Gasteiger partial charge in [0.25, 0.3) is 0 Å². The molecule has 0 radical (unpaired) electrons. The number of hydrogen-bond donors (Lipinski definition) is 0. The molecule has 0 saturated carbocycles. The summed E-state index contributed by atoms with van der Waals surface area (Å²) in [6.45, 7) is 4.94. The summed E-state index contributed by atoms with van der Waals surface area (Å²) in [5.74, 6) is 0.142. The Bertz CT molecular complexity index is 778. The van der Waals surface area contributed by atoms with Crippen LogP contribution in [0.4, 0.5) is 0 Å². The van der Waals surface area contributed by atoms with Gasteiger partial charge in [-0.05, 0) is 44.9 Å². The molecule has 158 valence electrons. The molecule has 3 heterocycles. The van der Waals surface area contributed by atoms with Crippen LogP contribution in [-0.2, 0) is 19.5 Å². The molecule has 1 aromatic heterocycles. The monoisotopic (exact) mass is 413 g/mol. The van der Waals surface area contributed by atoms with Gasteiger partial charge in [-0.3, -0.25) is 4.90 Å². The largest absolute Gasteiger partial charge is 0.480 e. The smallest absolute Gasteiger partial charge is 0.248 e. The highest BCUT2D eigenvalue weighted by Gasteiger charge is 2.46. The Balaban J connectivity index is 1.66. The fourth-order valence-electron chi connectivity index (χ4n) is 4.01. The van der Waals surface area contributed by atoms with Crippen LogP contribution in [-0.4, -0.2) is 88.4 Å². The lowest BCUT2D eigenvalue weighted by Gasteiger charge is -2.38. The first-order valence-electron chi connectivity index (χ1n) is 9.65. The van der Waals surface area contributed by atoms with E-state index in [1.54, 1.807) is 19.4 Å². The standard InChI is InChI=1S/C19H31N3O5S/c1-15-11-17(18(26-4)20-13-15)28(23,24)22-7-5-19(6-8-22)12-16(14-27-19)21(2)9-10-25-3/h11,13,16H,5-10,12,14H2,1-4H3. The molecule has 1 aromatic rings. The number of piperidine rings is 1. The summed E-state index contributed by atoms with van der Waals surface area (Å²) in [6.07, 6.45) is 3.93. The maximum Gasteiger partial charge on any atom is 0.248 e. The first kappa shape index (κ1) is 21.4. The predicted octanol–water partition coefficient (Wildman–Crippen LogP) is 1.29. The van der Waals surface area contributed by atoms with Crippen LogP contribution >= 0.6 is 0 Å². The van der Waals surface area contributed by atoms with Gasteiger partial charge in [0, 0.05) is 39.0 Å². The topological polar surface area (TPSA) is 81.2 Å². The maximum atomic E-state index is 13.2. The van der Waals surface area contributed by atoms with Gasteiger partial charge in [-0.15, -0.1) is 0 Å². The van der Waals surface area contributed by atoms with Crippen molar-refractivity contribution in [3.8, 4) is 5.88 Å². The summed E-state index contributed by atoms with van der Waals surface area (Å²) in [4.78, 5) is 6.52. The second-order valence-electron chi connectivity index (χ2n) is 7.75. The fourth-order valence-corrected chi connectivity index (χ4v) is 5.64. The lowest BCUT2D eigenvalue weighted by Crippen LogP contribution is -2.47. The minimum Gasteiger partial charge on any atom is -0.480 e. The van der Waals surface area contributed by atoms with Crippen LogP contribution in [0.5, 0.6) is 5.88 Å². The predicted molar refractivity (Wildman–Crippen MR) is 105 cm³/mol. The summed E-state index contributed by atoms with van der Waals surface area (Å²) in [7, 11) is 1.58. The third kappa shape index (κ3) is 4.33. The van der Waals surface area contributed by atoms with Crippen molar-refractivity contribution in [3.63, 3.8) is 0 Å². The Morgan fingerprint density at radius 2 is 2.07 bits per heavy atom. The Hall–Kier alpha value is -1.26. The normalized spacial score (nSPS) is 22.8. The molecule has 28 heavy (non-hydrogen) atoms. The second-order valence-corrected chi connectivity index (χ2v) is 9.66. The number of likely N-dealkylation sites (N-methyl/N-ethyl adjacent to an activating group) is 1. The van der Waals surface area contributed by atoms with Crippen LogP contribution in [0.25, 0.3) is 0 Å². The molecule has 1 spiro atoms. The summed E-state index contributed by atoms with van der Waals surface area (Å²) in [5.41, 5.74) is 0.557. The SMILES string of the molecule is COCCN(C)C1COC2(CCN(S(=O)(=O)c3cc(C)cnc3OC)CC2)C1. The number of aromatic nitrogens is 1. The average Bonchev–Trinajstić information content (AvgIpc) is 3.10. The molecule has 0 aromatic carbocycles. The Morgan fingerprint density at radius 3 is 2.71 bits per heavy atom. The molecule has 2 fully saturated rings. The molecule has 2 saturated heterocycles. The molecule has 2 aliphatic rings. The van der Waals surface area contributed by atoms with E-state index in [9.17, 15) is 8.42 Å². The first-order valence-corrected chi connectivity index (χ1v) is 11.1. The van der Waals surface area contributed by atoms with Gasteiger partial charge in [0.15, 0.2) is 0 Å². The number of pyridine rings is 1. The molecule has 1 atom stereocenters. The van der Waals surface area contributed by atoms with Gasteiger partial charge in [-0.1, -0.05) is 0 Å². The van der Waals surface area contributed by atoms with E-state index in [4.69, 9.17) is 14.2 Å². The van der Waals surface area contributed by atoms with Crippen LogP contribution in [0.2, 0.25) is 0 Å². The van der Waals surface area contributed by atoms with E-state index in [2.05, 4.69) is 16.9 Å². The van der Waals surface area contributed by atoms with Crippen molar-refractivity contribution in [2.75, 3.05) is 54.1 Å². The number of hydrogen-bond acceptors (Lipinski definition) is 7. The van der Waals surface area contributed by atoms with Crippen molar-refractivity contribution < 1.29 is 22.6 Å². The Morgan fingerprint density at radius 1 is 1.36 bits per heavy atom. The van der Waals surface area contributed by atoms with Crippen LogP contribution in [0.1, 0.15) is 24.8 Å². The average molecular weight is 414 g/mol. The number of ether oxygens (including phenoxy) is 3. The summed E-state index contributed by atoms with van der Waals surface area (Å²) < 4.78 is 44.4. The van der Waals surface area contributed by atoms with E-state index >= 15 is 0 Å². The highest BCUT2D eigenvalue weighted by Crippen LogP contribution is 2.39. The highest BCUT2D eigenvalue weighted by molar-refractivity contribution is 7.89. The zero-order valence-electron chi connectivity index (χ0n) is 17.2. The zero-order valence-corrected chi connectivity index (χ0v) is 18.0. The lowest BCUT2D eigenvalue weighted by atomic mass is 9.88. The number of sulfonamides is 1. The van der Waals surface area contributed by atoms with Crippen LogP contribution < -0.4 is 4.74 Å². The molecule has 2 aliphatic heterocycles. The number of nitrogens with zero attached hydrogens (tertiary/aromatic N) is 3. The van der Waals surface area contributed by atoms with E-state index in [0.29, 0.717) is 45.2 Å². The molecular weight excluding hydrogens is 382 g/mol. The van der Waals surface area contributed by atoms with Crippen molar-refractivity contribution in [2.45, 2.75) is 42.7 Å². The second kappa shape index (κ2) is 8.62. The van der Waals surface area contributed by atoms with E-state index in [-0.39, 0.29) is 16.4 Å². The number of aryl methyl sites for hydroxylation is 1.